The van der Waals surface area contributed by atoms with Crippen molar-refractivity contribution in [3.63, 3.8) is 0 Å². The minimum Gasteiger partial charge on any atom is -0.464 e. The van der Waals surface area contributed by atoms with Crippen LogP contribution in [0.5, 0.6) is 0 Å². The van der Waals surface area contributed by atoms with Crippen molar-refractivity contribution in [2.45, 2.75) is 13.0 Å². The van der Waals surface area contributed by atoms with Gasteiger partial charge in [-0.1, -0.05) is 12.1 Å². The fourth-order valence-electron chi connectivity index (χ4n) is 2.89. The Labute approximate surface area is 140 Å². The highest BCUT2D eigenvalue weighted by Crippen LogP contribution is 2.21. The van der Waals surface area contributed by atoms with Crippen LogP contribution in [0.4, 0.5) is 0 Å². The zero-order valence-corrected chi connectivity index (χ0v) is 13.5. The number of carbonyl (C=O) groups excluding carboxylic acids is 2. The monoisotopic (exact) mass is 328 g/mol. The van der Waals surface area contributed by atoms with Crippen molar-refractivity contribution in [2.24, 2.45) is 0 Å². The van der Waals surface area contributed by atoms with Crippen LogP contribution in [0.1, 0.15) is 17.3 Å². The zero-order valence-electron chi connectivity index (χ0n) is 13.5. The minimum atomic E-state index is -0.742. The smallest absolute Gasteiger partial charge is 0.254 e. The number of carbonyl (C=O) groups is 2. The first-order valence-electron chi connectivity index (χ1n) is 7.91. The van der Waals surface area contributed by atoms with E-state index in [9.17, 15) is 14.7 Å². The third-order valence-electron chi connectivity index (χ3n) is 4.15. The van der Waals surface area contributed by atoms with Gasteiger partial charge in [0.2, 0.25) is 5.91 Å². The molecule has 1 N–H and O–H groups in total. The van der Waals surface area contributed by atoms with Crippen LogP contribution >= 0.6 is 0 Å². The molecule has 24 heavy (non-hydrogen) atoms. The van der Waals surface area contributed by atoms with Gasteiger partial charge in [-0.25, -0.2) is 0 Å². The summed E-state index contributed by atoms with van der Waals surface area (Å²) in [5, 5.41) is 10.1. The molecule has 1 aromatic carbocycles. The lowest BCUT2D eigenvalue weighted by Crippen LogP contribution is -2.37. The van der Waals surface area contributed by atoms with E-state index in [4.69, 9.17) is 4.42 Å². The van der Waals surface area contributed by atoms with E-state index >= 15 is 0 Å². The molecule has 6 heteroatoms. The van der Waals surface area contributed by atoms with E-state index in [-0.39, 0.29) is 24.9 Å². The highest BCUT2D eigenvalue weighted by atomic mass is 16.3. The lowest BCUT2D eigenvalue weighted by atomic mass is 10.1. The van der Waals surface area contributed by atoms with Gasteiger partial charge in [0.05, 0.1) is 12.4 Å². The molecule has 1 fully saturated rings. The quantitative estimate of drug-likeness (QED) is 0.909. The number of aliphatic hydroxyl groups is 1. The maximum Gasteiger partial charge on any atom is 0.254 e. The normalized spacial score (nSPS) is 18.3. The number of rotatable bonds is 2. The fourth-order valence-corrected chi connectivity index (χ4v) is 2.89. The standard InChI is InChI=1S/C18H20N2O4/c1-13(21)19-7-8-20(12-16(22)11-19)18(23)15-5-2-4-14(10-15)17-6-3-9-24-17/h2-6,9-10,16,22H,7-8,11-12H2,1H3/t16-/m0/s1. The SMILES string of the molecule is CC(=O)N1CCN(C(=O)c2cccc(-c3ccco3)c2)C[C@@H](O)C1. The molecule has 1 aliphatic heterocycles. The summed E-state index contributed by atoms with van der Waals surface area (Å²) in [5.41, 5.74) is 1.36. The Hall–Kier alpha value is -2.60. The van der Waals surface area contributed by atoms with Crippen LogP contribution in [0.3, 0.4) is 0 Å². The summed E-state index contributed by atoms with van der Waals surface area (Å²) in [5.74, 6) is 0.444. The van der Waals surface area contributed by atoms with Crippen molar-refractivity contribution in [1.29, 1.82) is 0 Å². The van der Waals surface area contributed by atoms with Crippen LogP contribution < -0.4 is 0 Å². The largest absolute Gasteiger partial charge is 0.464 e. The maximum absolute atomic E-state index is 12.8. The van der Waals surface area contributed by atoms with Crippen molar-refractivity contribution in [3.05, 3.63) is 48.2 Å². The summed E-state index contributed by atoms with van der Waals surface area (Å²) in [6.07, 6.45) is 0.847. The van der Waals surface area contributed by atoms with E-state index < -0.39 is 6.10 Å². The number of hydrogen-bond donors (Lipinski definition) is 1. The van der Waals surface area contributed by atoms with Crippen LogP contribution in [0.2, 0.25) is 0 Å². The van der Waals surface area contributed by atoms with Crippen molar-refractivity contribution in [3.8, 4) is 11.3 Å². The molecule has 1 atom stereocenters. The molecule has 0 bridgehead atoms. The summed E-state index contributed by atoms with van der Waals surface area (Å²) < 4.78 is 5.37. The highest BCUT2D eigenvalue weighted by Gasteiger charge is 2.26. The second-order valence-corrected chi connectivity index (χ2v) is 5.93. The molecule has 2 amide bonds. The van der Waals surface area contributed by atoms with Gasteiger partial charge in [-0.2, -0.15) is 0 Å². The molecule has 6 nitrogen and oxygen atoms in total. The predicted octanol–water partition coefficient (Wildman–Crippen LogP) is 1.61. The Bertz CT molecular complexity index is 726. The van der Waals surface area contributed by atoms with Crippen molar-refractivity contribution >= 4 is 11.8 Å². The van der Waals surface area contributed by atoms with Gasteiger partial charge in [-0.15, -0.1) is 0 Å². The Kier molecular flexibility index (Phi) is 4.66. The highest BCUT2D eigenvalue weighted by molar-refractivity contribution is 5.95. The summed E-state index contributed by atoms with van der Waals surface area (Å²) in [4.78, 5) is 27.5. The number of furan rings is 1. The van der Waals surface area contributed by atoms with Crippen molar-refractivity contribution in [2.75, 3.05) is 26.2 Å². The van der Waals surface area contributed by atoms with Gasteiger partial charge >= 0.3 is 0 Å². The molecular weight excluding hydrogens is 308 g/mol. The van der Waals surface area contributed by atoms with Gasteiger partial charge in [0.25, 0.3) is 5.91 Å². The number of nitrogens with zero attached hydrogens (tertiary/aromatic N) is 2. The third kappa shape index (κ3) is 3.49. The van der Waals surface area contributed by atoms with Gasteiger partial charge in [-0.3, -0.25) is 9.59 Å². The van der Waals surface area contributed by atoms with E-state index in [0.29, 0.717) is 24.4 Å². The molecule has 2 heterocycles. The van der Waals surface area contributed by atoms with Crippen LogP contribution in [0.25, 0.3) is 11.3 Å². The molecule has 1 aromatic heterocycles. The Morgan fingerprint density at radius 3 is 2.58 bits per heavy atom. The van der Waals surface area contributed by atoms with E-state index in [0.717, 1.165) is 5.56 Å². The summed E-state index contributed by atoms with van der Waals surface area (Å²) in [6, 6.07) is 10.8. The van der Waals surface area contributed by atoms with Crippen molar-refractivity contribution in [1.82, 2.24) is 9.80 Å². The van der Waals surface area contributed by atoms with Gasteiger partial charge in [-0.05, 0) is 24.3 Å². The molecule has 1 saturated heterocycles. The third-order valence-corrected chi connectivity index (χ3v) is 4.15. The predicted molar refractivity (Wildman–Crippen MR) is 88.3 cm³/mol. The second kappa shape index (κ2) is 6.88. The minimum absolute atomic E-state index is 0.0943. The van der Waals surface area contributed by atoms with E-state index in [1.807, 2.05) is 12.1 Å². The van der Waals surface area contributed by atoms with Crippen LogP contribution in [-0.2, 0) is 4.79 Å². The average Bonchev–Trinajstić information content (AvgIpc) is 3.03. The molecular formula is C18H20N2O4. The fraction of sp³-hybridized carbons (Fsp3) is 0.333. The molecule has 3 rings (SSSR count). The number of hydrogen-bond acceptors (Lipinski definition) is 4. The van der Waals surface area contributed by atoms with E-state index in [1.54, 1.807) is 40.3 Å². The number of benzene rings is 1. The Balaban J connectivity index is 1.79. The molecule has 0 aliphatic carbocycles. The van der Waals surface area contributed by atoms with Gasteiger partial charge in [0.1, 0.15) is 5.76 Å². The molecule has 0 spiro atoms. The average molecular weight is 328 g/mol. The second-order valence-electron chi connectivity index (χ2n) is 5.93. The van der Waals surface area contributed by atoms with Gasteiger partial charge in [0.15, 0.2) is 0 Å². The van der Waals surface area contributed by atoms with E-state index in [2.05, 4.69) is 0 Å². The van der Waals surface area contributed by atoms with Gasteiger partial charge < -0.3 is 19.3 Å². The summed E-state index contributed by atoms with van der Waals surface area (Å²) in [6.45, 7) is 2.77. The van der Waals surface area contributed by atoms with Crippen LogP contribution in [-0.4, -0.2) is 59.0 Å². The molecule has 2 aromatic rings. The zero-order chi connectivity index (χ0) is 17.1. The number of β-amino-alcohol motifs (C(OH)–C–C–N with tert-alkyl or cyclic N) is 1. The lowest BCUT2D eigenvalue weighted by Gasteiger charge is -2.21. The number of amides is 2. The van der Waals surface area contributed by atoms with Gasteiger partial charge in [0, 0.05) is 44.2 Å². The Morgan fingerprint density at radius 2 is 1.88 bits per heavy atom. The first-order valence-corrected chi connectivity index (χ1v) is 7.91. The lowest BCUT2D eigenvalue weighted by molar-refractivity contribution is -0.129. The Morgan fingerprint density at radius 1 is 1.12 bits per heavy atom. The van der Waals surface area contributed by atoms with Crippen LogP contribution in [0.15, 0.2) is 47.1 Å². The first kappa shape index (κ1) is 16.3. The summed E-state index contributed by atoms with van der Waals surface area (Å²) >= 11 is 0. The molecule has 0 unspecified atom stereocenters. The maximum atomic E-state index is 12.8. The van der Waals surface area contributed by atoms with Crippen LogP contribution in [0, 0.1) is 0 Å². The molecule has 0 radical (unpaired) electrons. The molecule has 0 saturated carbocycles. The van der Waals surface area contributed by atoms with Crippen molar-refractivity contribution < 1.29 is 19.1 Å². The first-order chi connectivity index (χ1) is 11.5. The number of aliphatic hydroxyl groups excluding tert-OH is 1. The summed E-state index contributed by atoms with van der Waals surface area (Å²) in [7, 11) is 0. The van der Waals surface area contributed by atoms with E-state index in [1.165, 1.54) is 6.92 Å². The topological polar surface area (TPSA) is 74.0 Å². The molecule has 1 aliphatic rings. The molecule has 126 valence electrons.